The van der Waals surface area contributed by atoms with Gasteiger partial charge in [0, 0.05) is 13.1 Å². The molecule has 0 N–H and O–H groups in total. The third-order valence-corrected chi connectivity index (χ3v) is 5.19. The molecule has 1 aromatic rings. The quantitative estimate of drug-likeness (QED) is 0.462. The van der Waals surface area contributed by atoms with Gasteiger partial charge in [0.25, 0.3) is 5.69 Å². The van der Waals surface area contributed by atoms with Crippen molar-refractivity contribution in [2.24, 2.45) is 5.41 Å². The smallest absolute Gasteiger partial charge is 0.279 e. The third-order valence-electron chi connectivity index (χ3n) is 3.12. The minimum atomic E-state index is -4.26. The Hall–Kier alpha value is -1.51. The lowest BCUT2D eigenvalue weighted by atomic mass is 9.88. The van der Waals surface area contributed by atoms with Crippen molar-refractivity contribution in [2.75, 3.05) is 7.05 Å². The van der Waals surface area contributed by atoms with Gasteiger partial charge in [-0.05, 0) is 23.1 Å². The standard InChI is InChI=1S/C13H17ClN2O5S/c1-13(2,3)11(12(14)17)15(4)22(20,21)10-8-6-5-7-9(10)16(18)19/h5-8,11H,1-4H3/t11-/m1/s1. The summed E-state index contributed by atoms with van der Waals surface area (Å²) in [6.07, 6.45) is 0. The number of nitro benzene ring substituents is 1. The van der Waals surface area contributed by atoms with E-state index < -0.39 is 42.2 Å². The fourth-order valence-electron chi connectivity index (χ4n) is 2.15. The zero-order chi connectivity index (χ0) is 17.3. The van der Waals surface area contributed by atoms with Crippen molar-refractivity contribution in [3.05, 3.63) is 34.4 Å². The molecule has 0 aromatic heterocycles. The second-order valence-electron chi connectivity index (χ2n) is 5.82. The summed E-state index contributed by atoms with van der Waals surface area (Å²) in [4.78, 5) is 21.4. The van der Waals surface area contributed by atoms with Crippen molar-refractivity contribution in [3.63, 3.8) is 0 Å². The number of nitro groups is 1. The lowest BCUT2D eigenvalue weighted by molar-refractivity contribution is -0.387. The lowest BCUT2D eigenvalue weighted by Gasteiger charge is -2.34. The number of rotatable bonds is 5. The first-order chi connectivity index (χ1) is 9.90. The molecular weight excluding hydrogens is 332 g/mol. The van der Waals surface area contributed by atoms with E-state index in [0.717, 1.165) is 16.4 Å². The number of carbonyl (C=O) groups is 1. The molecule has 0 aliphatic heterocycles. The summed E-state index contributed by atoms with van der Waals surface area (Å²) in [7, 11) is -3.07. The molecule has 0 heterocycles. The summed E-state index contributed by atoms with van der Waals surface area (Å²) in [6, 6.07) is 3.81. The topological polar surface area (TPSA) is 97.6 Å². The minimum absolute atomic E-state index is 0.477. The van der Waals surface area contributed by atoms with Crippen molar-refractivity contribution in [3.8, 4) is 0 Å². The molecule has 0 fully saturated rings. The van der Waals surface area contributed by atoms with Crippen molar-refractivity contribution < 1.29 is 18.1 Å². The van der Waals surface area contributed by atoms with Gasteiger partial charge in [-0.25, -0.2) is 8.42 Å². The van der Waals surface area contributed by atoms with E-state index in [4.69, 9.17) is 11.6 Å². The Labute approximate surface area is 134 Å². The summed E-state index contributed by atoms with van der Waals surface area (Å²) in [5.41, 5.74) is -1.33. The fourth-order valence-corrected chi connectivity index (χ4v) is 4.34. The molecule has 1 atom stereocenters. The molecular formula is C13H17ClN2O5S. The Balaban J connectivity index is 3.47. The highest BCUT2D eigenvalue weighted by Crippen LogP contribution is 2.32. The molecule has 0 aliphatic carbocycles. The minimum Gasteiger partial charge on any atom is -0.279 e. The largest absolute Gasteiger partial charge is 0.289 e. The van der Waals surface area contributed by atoms with Gasteiger partial charge in [-0.15, -0.1) is 0 Å². The number of carbonyl (C=O) groups excluding carboxylic acids is 1. The first-order valence-electron chi connectivity index (χ1n) is 6.31. The van der Waals surface area contributed by atoms with E-state index >= 15 is 0 Å². The highest BCUT2D eigenvalue weighted by Gasteiger charge is 2.41. The van der Waals surface area contributed by atoms with Gasteiger partial charge in [-0.3, -0.25) is 14.9 Å². The molecule has 0 spiro atoms. The van der Waals surface area contributed by atoms with E-state index in [1.165, 1.54) is 19.2 Å². The number of hydrogen-bond donors (Lipinski definition) is 0. The van der Waals surface area contributed by atoms with Crippen LogP contribution in [0.1, 0.15) is 20.8 Å². The highest BCUT2D eigenvalue weighted by molar-refractivity contribution is 7.89. The van der Waals surface area contributed by atoms with Crippen LogP contribution in [0.2, 0.25) is 0 Å². The maximum absolute atomic E-state index is 12.7. The van der Waals surface area contributed by atoms with Gasteiger partial charge < -0.3 is 0 Å². The number of halogens is 1. The molecule has 0 amide bonds. The average molecular weight is 349 g/mol. The van der Waals surface area contributed by atoms with Gasteiger partial charge in [-0.2, -0.15) is 4.31 Å². The predicted molar refractivity (Wildman–Crippen MR) is 82.1 cm³/mol. The van der Waals surface area contributed by atoms with Crippen LogP contribution in [-0.2, 0) is 14.8 Å². The molecule has 1 aromatic carbocycles. The van der Waals surface area contributed by atoms with Crippen molar-refractivity contribution in [2.45, 2.75) is 31.7 Å². The first-order valence-corrected chi connectivity index (χ1v) is 8.13. The molecule has 7 nitrogen and oxygen atoms in total. The summed E-state index contributed by atoms with van der Waals surface area (Å²) in [5, 5.41) is 10.2. The van der Waals surface area contributed by atoms with E-state index in [1.807, 2.05) is 0 Å². The first kappa shape index (κ1) is 18.5. The Morgan fingerprint density at radius 2 is 1.82 bits per heavy atom. The molecule has 0 bridgehead atoms. The van der Waals surface area contributed by atoms with Gasteiger partial charge in [-0.1, -0.05) is 32.9 Å². The second kappa shape index (κ2) is 6.31. The molecule has 0 saturated carbocycles. The Morgan fingerprint density at radius 3 is 2.23 bits per heavy atom. The van der Waals surface area contributed by atoms with E-state index in [2.05, 4.69) is 0 Å². The van der Waals surface area contributed by atoms with Crippen LogP contribution in [0.3, 0.4) is 0 Å². The lowest BCUT2D eigenvalue weighted by Crippen LogP contribution is -2.48. The fraction of sp³-hybridized carbons (Fsp3) is 0.462. The maximum atomic E-state index is 12.7. The normalized spacial score (nSPS) is 13.9. The SMILES string of the molecule is CN([C@H](C(=O)Cl)C(C)(C)C)S(=O)(=O)c1ccccc1[N+](=O)[O-]. The van der Waals surface area contributed by atoms with Gasteiger partial charge in [0.2, 0.25) is 15.3 Å². The molecule has 0 unspecified atom stereocenters. The van der Waals surface area contributed by atoms with Gasteiger partial charge in [0.05, 0.1) is 4.92 Å². The molecule has 9 heteroatoms. The number of benzene rings is 1. The highest BCUT2D eigenvalue weighted by atomic mass is 35.5. The average Bonchev–Trinajstić information content (AvgIpc) is 2.36. The number of para-hydroxylation sites is 1. The number of likely N-dealkylation sites (N-methyl/N-ethyl adjacent to an activating group) is 1. The summed E-state index contributed by atoms with van der Waals surface area (Å²) in [6.45, 7) is 4.97. The van der Waals surface area contributed by atoms with Crippen LogP contribution in [-0.4, -0.2) is 36.0 Å². The molecule has 0 saturated heterocycles. The molecule has 0 aliphatic rings. The summed E-state index contributed by atoms with van der Waals surface area (Å²) in [5.74, 6) is 0. The van der Waals surface area contributed by atoms with Crippen LogP contribution in [0.15, 0.2) is 29.2 Å². The van der Waals surface area contributed by atoms with E-state index in [9.17, 15) is 23.3 Å². The molecule has 0 radical (unpaired) electrons. The van der Waals surface area contributed by atoms with Crippen molar-refractivity contribution in [1.82, 2.24) is 4.31 Å². The third kappa shape index (κ3) is 3.63. The van der Waals surface area contributed by atoms with Crippen molar-refractivity contribution in [1.29, 1.82) is 0 Å². The van der Waals surface area contributed by atoms with Gasteiger partial charge >= 0.3 is 0 Å². The zero-order valence-electron chi connectivity index (χ0n) is 12.6. The second-order valence-corrected chi connectivity index (χ2v) is 8.16. The number of nitrogens with zero attached hydrogens (tertiary/aromatic N) is 2. The van der Waals surface area contributed by atoms with E-state index in [-0.39, 0.29) is 0 Å². The Morgan fingerprint density at radius 1 is 1.32 bits per heavy atom. The van der Waals surface area contributed by atoms with Crippen LogP contribution in [0.25, 0.3) is 0 Å². The van der Waals surface area contributed by atoms with E-state index in [1.54, 1.807) is 20.8 Å². The molecule has 122 valence electrons. The molecule has 1 rings (SSSR count). The van der Waals surface area contributed by atoms with Crippen LogP contribution < -0.4 is 0 Å². The van der Waals surface area contributed by atoms with Gasteiger partial charge in [0.1, 0.15) is 6.04 Å². The maximum Gasteiger partial charge on any atom is 0.289 e. The molecule has 22 heavy (non-hydrogen) atoms. The van der Waals surface area contributed by atoms with Crippen LogP contribution in [0.5, 0.6) is 0 Å². The number of sulfonamides is 1. The van der Waals surface area contributed by atoms with E-state index in [0.29, 0.717) is 0 Å². The predicted octanol–water partition coefficient (Wildman–Crippen LogP) is 2.40. The van der Waals surface area contributed by atoms with Crippen LogP contribution in [0, 0.1) is 15.5 Å². The Bertz CT molecular complexity index is 697. The zero-order valence-corrected chi connectivity index (χ0v) is 14.2. The Kier molecular flexibility index (Phi) is 5.32. The number of hydrogen-bond acceptors (Lipinski definition) is 5. The monoisotopic (exact) mass is 348 g/mol. The van der Waals surface area contributed by atoms with Gasteiger partial charge in [0.15, 0.2) is 4.90 Å². The van der Waals surface area contributed by atoms with Crippen molar-refractivity contribution >= 4 is 32.6 Å². The summed E-state index contributed by atoms with van der Waals surface area (Å²) >= 11 is 5.54. The summed E-state index contributed by atoms with van der Waals surface area (Å²) < 4.78 is 26.1. The van der Waals surface area contributed by atoms with Crippen LogP contribution in [0.4, 0.5) is 5.69 Å². The van der Waals surface area contributed by atoms with Crippen LogP contribution >= 0.6 is 11.6 Å².